The maximum absolute atomic E-state index is 11.0. The van der Waals surface area contributed by atoms with E-state index in [-0.39, 0.29) is 17.2 Å². The van der Waals surface area contributed by atoms with Crippen LogP contribution >= 0.6 is 0 Å². The molecule has 0 saturated carbocycles. The van der Waals surface area contributed by atoms with Crippen LogP contribution in [0.15, 0.2) is 54.3 Å². The molecule has 0 saturated heterocycles. The van der Waals surface area contributed by atoms with Gasteiger partial charge in [-0.2, -0.15) is 8.42 Å². The largest absolute Gasteiger partial charge is 0.509 e. The molecule has 1 aromatic carbocycles. The van der Waals surface area contributed by atoms with E-state index in [1.165, 1.54) is 18.2 Å². The molecule has 1 unspecified atom stereocenters. The summed E-state index contributed by atoms with van der Waals surface area (Å²) < 4.78 is 27.5. The molecule has 0 heterocycles. The van der Waals surface area contributed by atoms with Gasteiger partial charge in [-0.15, -0.1) is 0 Å². The summed E-state index contributed by atoms with van der Waals surface area (Å²) in [6.45, 7) is 0.234. The van der Waals surface area contributed by atoms with Gasteiger partial charge in [-0.3, -0.25) is 0 Å². The van der Waals surface area contributed by atoms with Gasteiger partial charge >= 0.3 is 0 Å². The zero-order valence-corrected chi connectivity index (χ0v) is 10.3. The van der Waals surface area contributed by atoms with E-state index in [9.17, 15) is 13.5 Å². The second-order valence-electron chi connectivity index (χ2n) is 3.76. The van der Waals surface area contributed by atoms with Crippen LogP contribution in [0.3, 0.4) is 0 Å². The number of benzene rings is 1. The lowest BCUT2D eigenvalue weighted by Crippen LogP contribution is -2.27. The average Bonchev–Trinajstić information content (AvgIpc) is 2.38. The summed E-state index contributed by atoms with van der Waals surface area (Å²) in [5, 5.41) is 9.66. The number of rotatable bonds is 3. The van der Waals surface area contributed by atoms with E-state index in [0.29, 0.717) is 0 Å². The third kappa shape index (κ3) is 2.88. The van der Waals surface area contributed by atoms with Gasteiger partial charge in [-0.25, -0.2) is 0 Å². The second kappa shape index (κ2) is 5.66. The van der Waals surface area contributed by atoms with Gasteiger partial charge in [0.1, 0.15) is 10.6 Å². The van der Waals surface area contributed by atoms with Crippen LogP contribution in [0.2, 0.25) is 0 Å². The monoisotopic (exact) mass is 264 g/mol. The zero-order chi connectivity index (χ0) is 13.0. The number of allylic oxidation sites excluding steroid dienone is 2. The summed E-state index contributed by atoms with van der Waals surface area (Å²) in [6, 6.07) is 9.35. The Labute approximate surface area is 106 Å². The molecule has 0 aromatic heterocycles. The lowest BCUT2D eigenvalue weighted by Gasteiger charge is -2.18. The Morgan fingerprint density at radius 3 is 2.61 bits per heavy atom. The molecule has 1 aliphatic rings. The van der Waals surface area contributed by atoms with Gasteiger partial charge in [0.05, 0.1) is 6.61 Å². The van der Waals surface area contributed by atoms with Crippen LogP contribution in [0.5, 0.6) is 0 Å². The summed E-state index contributed by atoms with van der Waals surface area (Å²) in [5.41, 5.74) is 0.913. The standard InChI is InChI=1S/C13H12O4S/c14-11-7-4-8-12(18(15)16)13(11)17-9-10-5-2-1-3-6-10/h1-8,13-14H,9H2. The highest BCUT2D eigenvalue weighted by Crippen LogP contribution is 2.14. The zero-order valence-electron chi connectivity index (χ0n) is 9.48. The Morgan fingerprint density at radius 2 is 1.94 bits per heavy atom. The predicted molar refractivity (Wildman–Crippen MR) is 68.8 cm³/mol. The first-order valence-corrected chi connectivity index (χ1v) is 6.45. The lowest BCUT2D eigenvalue weighted by molar-refractivity contribution is 0.0800. The van der Waals surface area contributed by atoms with Gasteiger partial charge in [-0.1, -0.05) is 36.4 Å². The third-order valence-corrected chi connectivity index (χ3v) is 3.24. The van der Waals surface area contributed by atoms with E-state index in [2.05, 4.69) is 0 Å². The van der Waals surface area contributed by atoms with Crippen molar-refractivity contribution in [3.63, 3.8) is 0 Å². The molecule has 1 atom stereocenters. The summed E-state index contributed by atoms with van der Waals surface area (Å²) in [4.78, 5) is 0.0333. The first-order valence-electron chi connectivity index (χ1n) is 5.37. The molecule has 94 valence electrons. The average molecular weight is 264 g/mol. The number of hydrogen-bond donors (Lipinski definition) is 1. The van der Waals surface area contributed by atoms with Gasteiger partial charge in [0.2, 0.25) is 10.3 Å². The van der Waals surface area contributed by atoms with Crippen molar-refractivity contribution < 1.29 is 18.3 Å². The minimum atomic E-state index is -2.41. The molecule has 18 heavy (non-hydrogen) atoms. The highest BCUT2D eigenvalue weighted by molar-refractivity contribution is 7.73. The number of aliphatic hydroxyl groups is 1. The van der Waals surface area contributed by atoms with Crippen molar-refractivity contribution in [2.75, 3.05) is 0 Å². The summed E-state index contributed by atoms with van der Waals surface area (Å²) in [6.07, 6.45) is 3.39. The van der Waals surface area contributed by atoms with E-state index >= 15 is 0 Å². The third-order valence-electron chi connectivity index (χ3n) is 2.51. The smallest absolute Gasteiger partial charge is 0.220 e. The van der Waals surface area contributed by atoms with E-state index in [4.69, 9.17) is 4.74 Å². The van der Waals surface area contributed by atoms with Crippen molar-refractivity contribution in [3.8, 4) is 0 Å². The molecule has 0 radical (unpaired) electrons. The molecule has 4 nitrogen and oxygen atoms in total. The van der Waals surface area contributed by atoms with Crippen LogP contribution in [0.25, 0.3) is 0 Å². The Kier molecular flexibility index (Phi) is 3.96. The van der Waals surface area contributed by atoms with Gasteiger partial charge < -0.3 is 9.84 Å². The molecule has 0 bridgehead atoms. The molecule has 5 heteroatoms. The fraction of sp³-hybridized carbons (Fsp3) is 0.154. The first kappa shape index (κ1) is 12.6. The Morgan fingerprint density at radius 1 is 1.22 bits per heavy atom. The van der Waals surface area contributed by atoms with Gasteiger partial charge in [-0.05, 0) is 17.7 Å². The summed E-state index contributed by atoms with van der Waals surface area (Å²) in [7, 11) is -2.41. The lowest BCUT2D eigenvalue weighted by atomic mass is 10.1. The fourth-order valence-corrected chi connectivity index (χ4v) is 2.18. The highest BCUT2D eigenvalue weighted by atomic mass is 32.2. The van der Waals surface area contributed by atoms with Crippen molar-refractivity contribution >= 4 is 15.2 Å². The van der Waals surface area contributed by atoms with Crippen molar-refractivity contribution in [2.45, 2.75) is 12.7 Å². The molecule has 2 rings (SSSR count). The Bertz CT molecular complexity index is 604. The van der Waals surface area contributed by atoms with Crippen LogP contribution < -0.4 is 0 Å². The topological polar surface area (TPSA) is 63.6 Å². The van der Waals surface area contributed by atoms with Crippen molar-refractivity contribution in [1.82, 2.24) is 0 Å². The number of ether oxygens (including phenoxy) is 1. The maximum atomic E-state index is 11.0. The van der Waals surface area contributed by atoms with E-state index < -0.39 is 16.4 Å². The van der Waals surface area contributed by atoms with Gasteiger partial charge in [0, 0.05) is 0 Å². The van der Waals surface area contributed by atoms with Crippen LogP contribution in [0.1, 0.15) is 5.56 Å². The van der Waals surface area contributed by atoms with E-state index in [0.717, 1.165) is 5.56 Å². The number of aliphatic hydroxyl groups excluding tert-OH is 1. The van der Waals surface area contributed by atoms with E-state index in [1.54, 1.807) is 0 Å². The molecular formula is C13H12O4S. The molecule has 1 aromatic rings. The minimum absolute atomic E-state index is 0.0333. The minimum Gasteiger partial charge on any atom is -0.509 e. The van der Waals surface area contributed by atoms with Crippen molar-refractivity contribution in [3.05, 3.63) is 59.9 Å². The van der Waals surface area contributed by atoms with Crippen LogP contribution in [-0.4, -0.2) is 24.5 Å². The predicted octanol–water partition coefficient (Wildman–Crippen LogP) is 1.64. The van der Waals surface area contributed by atoms with Crippen molar-refractivity contribution in [2.24, 2.45) is 0 Å². The fourth-order valence-electron chi connectivity index (χ4n) is 1.63. The Hall–Kier alpha value is -1.85. The highest BCUT2D eigenvalue weighted by Gasteiger charge is 2.23. The molecule has 1 aliphatic carbocycles. The molecule has 1 N–H and O–H groups in total. The van der Waals surface area contributed by atoms with Gasteiger partial charge in [0.25, 0.3) is 0 Å². The quantitative estimate of drug-likeness (QED) is 0.843. The van der Waals surface area contributed by atoms with E-state index in [1.807, 2.05) is 30.3 Å². The van der Waals surface area contributed by atoms with Gasteiger partial charge in [0.15, 0.2) is 6.10 Å². The molecule has 0 spiro atoms. The molecule has 0 amide bonds. The summed E-state index contributed by atoms with van der Waals surface area (Å²) in [5.74, 6) is -0.104. The first-order chi connectivity index (χ1) is 8.68. The molecular weight excluding hydrogens is 252 g/mol. The van der Waals surface area contributed by atoms with Crippen LogP contribution in [0.4, 0.5) is 0 Å². The number of hydrogen-bond acceptors (Lipinski definition) is 4. The molecule has 0 aliphatic heterocycles. The Balaban J connectivity index is 2.15. The normalized spacial score (nSPS) is 18.6. The SMILES string of the molecule is O=S(=O)=C1C=CC=C(O)C1OCc1ccccc1. The van der Waals surface area contributed by atoms with Crippen molar-refractivity contribution in [1.29, 1.82) is 0 Å². The van der Waals surface area contributed by atoms with Crippen LogP contribution in [0, 0.1) is 0 Å². The maximum Gasteiger partial charge on any atom is 0.220 e. The summed E-state index contributed by atoms with van der Waals surface area (Å²) >= 11 is 0. The molecule has 0 fully saturated rings. The second-order valence-corrected chi connectivity index (χ2v) is 4.71. The van der Waals surface area contributed by atoms with Crippen LogP contribution in [-0.2, 0) is 21.6 Å².